The van der Waals surface area contributed by atoms with Crippen molar-refractivity contribution in [3.63, 3.8) is 0 Å². The number of halogens is 2. The van der Waals surface area contributed by atoms with E-state index in [2.05, 4.69) is 41.0 Å². The van der Waals surface area contributed by atoms with E-state index in [1.807, 2.05) is 0 Å². The molecular weight excluding hydrogens is 445 g/mol. The standard InChI is InChI=1S/C22H27ClFN9/c1-14-29-30-31-33(14)16-7-8-18(24)19(11-16)27-22-26-13-17(23)21(28-22)25-12-15-5-4-10-32-9-3-2-6-20(15)32/h7-8,11,13,15,20H,2-6,9-10,12H2,1H3,(H2,25,26,27,28)/t15-,20+/m0/s1. The van der Waals surface area contributed by atoms with Crippen molar-refractivity contribution in [3.8, 4) is 5.69 Å². The number of tetrazole rings is 1. The number of aromatic nitrogens is 6. The predicted octanol–water partition coefficient (Wildman–Crippen LogP) is 3.97. The molecule has 2 N–H and O–H groups in total. The van der Waals surface area contributed by atoms with Crippen LogP contribution in [0, 0.1) is 18.7 Å². The molecule has 9 nitrogen and oxygen atoms in total. The van der Waals surface area contributed by atoms with Gasteiger partial charge in [0.15, 0.2) is 11.6 Å². The van der Waals surface area contributed by atoms with Gasteiger partial charge < -0.3 is 15.5 Å². The Balaban J connectivity index is 1.30. The van der Waals surface area contributed by atoms with Crippen LogP contribution in [0.25, 0.3) is 5.69 Å². The average Bonchev–Trinajstić information content (AvgIpc) is 3.26. The molecule has 0 spiro atoms. The first kappa shape index (κ1) is 22.0. The third-order valence-corrected chi connectivity index (χ3v) is 6.85. The third-order valence-electron chi connectivity index (χ3n) is 6.57. The van der Waals surface area contributed by atoms with Gasteiger partial charge in [-0.1, -0.05) is 18.0 Å². The van der Waals surface area contributed by atoms with E-state index in [1.165, 1.54) is 62.1 Å². The van der Waals surface area contributed by atoms with Crippen molar-refractivity contribution in [2.24, 2.45) is 5.92 Å². The monoisotopic (exact) mass is 471 g/mol. The Morgan fingerprint density at radius 3 is 2.91 bits per heavy atom. The van der Waals surface area contributed by atoms with E-state index < -0.39 is 5.82 Å². The third kappa shape index (κ3) is 4.77. The summed E-state index contributed by atoms with van der Waals surface area (Å²) in [7, 11) is 0. The molecule has 2 aliphatic heterocycles. The number of nitrogens with zero attached hydrogens (tertiary/aromatic N) is 7. The molecule has 3 aromatic rings. The van der Waals surface area contributed by atoms with E-state index in [9.17, 15) is 4.39 Å². The number of fused-ring (bicyclic) bond motifs is 1. The van der Waals surface area contributed by atoms with Crippen LogP contribution in [0.2, 0.25) is 5.02 Å². The number of rotatable bonds is 6. The van der Waals surface area contributed by atoms with Crippen molar-refractivity contribution in [3.05, 3.63) is 41.1 Å². The molecule has 2 fully saturated rings. The average molecular weight is 472 g/mol. The van der Waals surface area contributed by atoms with Gasteiger partial charge in [-0.05, 0) is 80.2 Å². The Morgan fingerprint density at radius 1 is 1.18 bits per heavy atom. The normalized spacial score (nSPS) is 20.9. The van der Waals surface area contributed by atoms with Crippen molar-refractivity contribution in [2.75, 3.05) is 30.3 Å². The van der Waals surface area contributed by atoms with E-state index in [0.717, 1.165) is 6.54 Å². The predicted molar refractivity (Wildman–Crippen MR) is 125 cm³/mol. The second kappa shape index (κ2) is 9.56. The lowest BCUT2D eigenvalue weighted by Crippen LogP contribution is -2.49. The molecule has 1 aromatic carbocycles. The van der Waals surface area contributed by atoms with Crippen molar-refractivity contribution in [2.45, 2.75) is 45.1 Å². The van der Waals surface area contributed by atoms with Crippen LogP contribution in [-0.2, 0) is 0 Å². The molecule has 0 unspecified atom stereocenters. The molecule has 5 rings (SSSR count). The minimum absolute atomic E-state index is 0.223. The van der Waals surface area contributed by atoms with Gasteiger partial charge in [0.2, 0.25) is 5.95 Å². The summed E-state index contributed by atoms with van der Waals surface area (Å²) in [5.74, 6) is 1.54. The summed E-state index contributed by atoms with van der Waals surface area (Å²) in [6, 6.07) is 5.21. The summed E-state index contributed by atoms with van der Waals surface area (Å²) in [5, 5.41) is 18.3. The molecule has 2 aromatic heterocycles. The fourth-order valence-electron chi connectivity index (χ4n) is 4.93. The minimum Gasteiger partial charge on any atom is -0.368 e. The molecule has 174 valence electrons. The van der Waals surface area contributed by atoms with Crippen LogP contribution >= 0.6 is 11.6 Å². The lowest BCUT2D eigenvalue weighted by Gasteiger charge is -2.44. The molecule has 2 saturated heterocycles. The second-order valence-corrected chi connectivity index (χ2v) is 9.11. The van der Waals surface area contributed by atoms with Crippen LogP contribution in [0.15, 0.2) is 24.4 Å². The topological polar surface area (TPSA) is 96.7 Å². The molecule has 2 aliphatic rings. The number of hydrogen-bond acceptors (Lipinski definition) is 8. The van der Waals surface area contributed by atoms with Gasteiger partial charge >= 0.3 is 0 Å². The van der Waals surface area contributed by atoms with Crippen LogP contribution in [0.5, 0.6) is 0 Å². The first-order chi connectivity index (χ1) is 16.1. The number of aryl methyl sites for hydroxylation is 1. The lowest BCUT2D eigenvalue weighted by atomic mass is 9.83. The van der Waals surface area contributed by atoms with Gasteiger partial charge in [0.25, 0.3) is 0 Å². The maximum atomic E-state index is 14.5. The molecule has 4 heterocycles. The van der Waals surface area contributed by atoms with Crippen LogP contribution in [-0.4, -0.2) is 60.8 Å². The highest BCUT2D eigenvalue weighted by molar-refractivity contribution is 6.32. The van der Waals surface area contributed by atoms with Gasteiger partial charge in [0, 0.05) is 12.6 Å². The highest BCUT2D eigenvalue weighted by atomic mass is 35.5. The number of hydrogen-bond donors (Lipinski definition) is 2. The largest absolute Gasteiger partial charge is 0.368 e. The molecule has 0 bridgehead atoms. The van der Waals surface area contributed by atoms with Crippen molar-refractivity contribution in [1.29, 1.82) is 0 Å². The Hall–Kier alpha value is -2.85. The second-order valence-electron chi connectivity index (χ2n) is 8.70. The summed E-state index contributed by atoms with van der Waals surface area (Å²) >= 11 is 6.37. The minimum atomic E-state index is -0.433. The zero-order chi connectivity index (χ0) is 22.8. The number of anilines is 3. The molecule has 33 heavy (non-hydrogen) atoms. The lowest BCUT2D eigenvalue weighted by molar-refractivity contribution is 0.0649. The van der Waals surface area contributed by atoms with Crippen LogP contribution in [0.4, 0.5) is 21.8 Å². The van der Waals surface area contributed by atoms with Crippen molar-refractivity contribution >= 4 is 29.1 Å². The van der Waals surface area contributed by atoms with Crippen LogP contribution in [0.3, 0.4) is 0 Å². The van der Waals surface area contributed by atoms with E-state index in [0.29, 0.717) is 34.3 Å². The van der Waals surface area contributed by atoms with Gasteiger partial charge in [-0.3, -0.25) is 0 Å². The molecule has 11 heteroatoms. The highest BCUT2D eigenvalue weighted by Crippen LogP contribution is 2.32. The maximum absolute atomic E-state index is 14.5. The fraction of sp³-hybridized carbons (Fsp3) is 0.500. The van der Waals surface area contributed by atoms with Gasteiger partial charge in [0.1, 0.15) is 10.8 Å². The van der Waals surface area contributed by atoms with E-state index in [-0.39, 0.29) is 11.6 Å². The molecule has 0 radical (unpaired) electrons. The Labute approximate surface area is 196 Å². The molecule has 0 saturated carbocycles. The van der Waals surface area contributed by atoms with Gasteiger partial charge in [-0.25, -0.2) is 9.37 Å². The summed E-state index contributed by atoms with van der Waals surface area (Å²) in [5.41, 5.74) is 0.851. The van der Waals surface area contributed by atoms with Crippen molar-refractivity contribution in [1.82, 2.24) is 35.1 Å². The summed E-state index contributed by atoms with van der Waals surface area (Å²) in [4.78, 5) is 11.4. The zero-order valence-electron chi connectivity index (χ0n) is 18.5. The van der Waals surface area contributed by atoms with E-state index in [1.54, 1.807) is 19.1 Å². The Kier molecular flexibility index (Phi) is 6.37. The number of benzene rings is 1. The number of piperidine rings is 2. The van der Waals surface area contributed by atoms with Crippen LogP contribution < -0.4 is 10.6 Å². The molecule has 0 aliphatic carbocycles. The fourth-order valence-corrected chi connectivity index (χ4v) is 5.08. The maximum Gasteiger partial charge on any atom is 0.229 e. The SMILES string of the molecule is Cc1nnnn1-c1ccc(F)c(Nc2ncc(Cl)c(NC[C@@H]3CCCN4CCCC[C@H]34)n2)c1. The van der Waals surface area contributed by atoms with Crippen molar-refractivity contribution < 1.29 is 4.39 Å². The summed E-state index contributed by atoms with van der Waals surface area (Å²) in [6.45, 7) is 4.99. The Bertz CT molecular complexity index is 1120. The Morgan fingerprint density at radius 2 is 2.06 bits per heavy atom. The first-order valence-corrected chi connectivity index (χ1v) is 11.8. The van der Waals surface area contributed by atoms with E-state index >= 15 is 0 Å². The molecule has 0 amide bonds. The van der Waals surface area contributed by atoms with Gasteiger partial charge in [0.05, 0.1) is 17.6 Å². The molecule has 2 atom stereocenters. The molecular formula is C22H27ClFN9. The van der Waals surface area contributed by atoms with Crippen LogP contribution in [0.1, 0.15) is 37.9 Å². The van der Waals surface area contributed by atoms with E-state index in [4.69, 9.17) is 11.6 Å². The smallest absolute Gasteiger partial charge is 0.229 e. The van der Waals surface area contributed by atoms with Gasteiger partial charge in [-0.15, -0.1) is 5.10 Å². The van der Waals surface area contributed by atoms with Gasteiger partial charge in [-0.2, -0.15) is 9.67 Å². The zero-order valence-corrected chi connectivity index (χ0v) is 19.3. The first-order valence-electron chi connectivity index (χ1n) is 11.4. The number of nitrogens with one attached hydrogen (secondary N) is 2. The summed E-state index contributed by atoms with van der Waals surface area (Å²) < 4.78 is 16.0. The summed E-state index contributed by atoms with van der Waals surface area (Å²) in [6.07, 6.45) is 7.82. The highest BCUT2D eigenvalue weighted by Gasteiger charge is 2.32. The quantitative estimate of drug-likeness (QED) is 0.557.